The molecule has 0 aromatic rings. The van der Waals surface area contributed by atoms with Crippen LogP contribution in [0.25, 0.3) is 0 Å². The average Bonchev–Trinajstić information content (AvgIpc) is 2.33. The van der Waals surface area contributed by atoms with Crippen LogP contribution in [-0.4, -0.2) is 31.2 Å². The maximum atomic E-state index is 11.7. The fourth-order valence-electron chi connectivity index (χ4n) is 2.44. The molecular formula is C14H28N2O2. The Hall–Kier alpha value is -0.610. The van der Waals surface area contributed by atoms with Crippen molar-refractivity contribution in [2.24, 2.45) is 17.6 Å². The molecule has 1 fully saturated rings. The third-order valence-corrected chi connectivity index (χ3v) is 3.57. The van der Waals surface area contributed by atoms with E-state index in [1.807, 2.05) is 20.8 Å². The van der Waals surface area contributed by atoms with Gasteiger partial charge >= 0.3 is 0 Å². The monoisotopic (exact) mass is 256 g/mol. The number of hydrogen-bond donors (Lipinski definition) is 2. The normalized spacial score (nSPS) is 24.9. The van der Waals surface area contributed by atoms with Crippen molar-refractivity contribution in [2.45, 2.75) is 52.1 Å². The number of ether oxygens (including phenoxy) is 1. The predicted molar refractivity (Wildman–Crippen MR) is 73.2 cm³/mol. The second-order valence-electron chi connectivity index (χ2n) is 6.25. The summed E-state index contributed by atoms with van der Waals surface area (Å²) < 4.78 is 5.45. The van der Waals surface area contributed by atoms with Crippen molar-refractivity contribution in [1.29, 1.82) is 0 Å². The Kier molecular flexibility index (Phi) is 6.09. The minimum absolute atomic E-state index is 0.0220. The number of carbonyl (C=O) groups excluding carboxylic acids is 1. The molecule has 1 amide bonds. The Morgan fingerprint density at radius 3 is 2.44 bits per heavy atom. The van der Waals surface area contributed by atoms with Gasteiger partial charge in [0.25, 0.3) is 0 Å². The summed E-state index contributed by atoms with van der Waals surface area (Å²) in [5.74, 6) is 1.09. The zero-order chi connectivity index (χ0) is 13.6. The van der Waals surface area contributed by atoms with Crippen molar-refractivity contribution in [3.63, 3.8) is 0 Å². The molecule has 2 atom stereocenters. The molecule has 18 heavy (non-hydrogen) atoms. The summed E-state index contributed by atoms with van der Waals surface area (Å²) in [6.07, 6.45) is 4.92. The molecule has 0 radical (unpaired) electrons. The van der Waals surface area contributed by atoms with Crippen molar-refractivity contribution in [3.05, 3.63) is 0 Å². The minimum Gasteiger partial charge on any atom is -0.366 e. The van der Waals surface area contributed by atoms with E-state index in [1.165, 1.54) is 25.7 Å². The Bertz CT molecular complexity index is 261. The van der Waals surface area contributed by atoms with Crippen molar-refractivity contribution in [3.8, 4) is 0 Å². The molecule has 0 saturated heterocycles. The molecule has 1 aliphatic rings. The van der Waals surface area contributed by atoms with Gasteiger partial charge in [-0.05, 0) is 52.0 Å². The molecule has 1 rings (SSSR count). The van der Waals surface area contributed by atoms with Gasteiger partial charge in [0.2, 0.25) is 5.91 Å². The van der Waals surface area contributed by atoms with Crippen molar-refractivity contribution in [2.75, 3.05) is 19.7 Å². The zero-order valence-electron chi connectivity index (χ0n) is 12.0. The second kappa shape index (κ2) is 7.10. The molecule has 1 saturated carbocycles. The topological polar surface area (TPSA) is 64.3 Å². The quantitative estimate of drug-likeness (QED) is 0.786. The van der Waals surface area contributed by atoms with Gasteiger partial charge in [0, 0.05) is 6.54 Å². The van der Waals surface area contributed by atoms with E-state index in [1.54, 1.807) is 0 Å². The van der Waals surface area contributed by atoms with Crippen molar-refractivity contribution >= 4 is 5.91 Å². The number of rotatable bonds is 5. The number of hydrogen-bond acceptors (Lipinski definition) is 3. The molecule has 3 N–H and O–H groups in total. The SMILES string of the molecule is CC(C)(C)OCC(=O)NCC1CCCCC1CN. The van der Waals surface area contributed by atoms with E-state index in [-0.39, 0.29) is 18.1 Å². The Labute approximate surface area is 111 Å². The lowest BCUT2D eigenvalue weighted by Gasteiger charge is -2.30. The van der Waals surface area contributed by atoms with Crippen LogP contribution in [0.4, 0.5) is 0 Å². The Morgan fingerprint density at radius 1 is 1.28 bits per heavy atom. The molecule has 106 valence electrons. The van der Waals surface area contributed by atoms with Crippen LogP contribution in [0.1, 0.15) is 46.5 Å². The molecule has 4 heteroatoms. The lowest BCUT2D eigenvalue weighted by atomic mass is 9.79. The molecule has 4 nitrogen and oxygen atoms in total. The molecule has 0 aromatic carbocycles. The number of amides is 1. The van der Waals surface area contributed by atoms with Gasteiger partial charge in [-0.2, -0.15) is 0 Å². The Morgan fingerprint density at radius 2 is 1.89 bits per heavy atom. The van der Waals surface area contributed by atoms with Gasteiger partial charge < -0.3 is 15.8 Å². The lowest BCUT2D eigenvalue weighted by Crippen LogP contribution is -2.39. The summed E-state index contributed by atoms with van der Waals surface area (Å²) in [5, 5.41) is 2.97. The predicted octanol–water partition coefficient (Wildman–Crippen LogP) is 1.68. The van der Waals surface area contributed by atoms with E-state index in [4.69, 9.17) is 10.5 Å². The molecule has 0 spiro atoms. The summed E-state index contributed by atoms with van der Waals surface area (Å²) in [6.45, 7) is 7.47. The van der Waals surface area contributed by atoms with E-state index < -0.39 is 0 Å². The van der Waals surface area contributed by atoms with Gasteiger partial charge in [-0.3, -0.25) is 4.79 Å². The second-order valence-corrected chi connectivity index (χ2v) is 6.25. The van der Waals surface area contributed by atoms with Gasteiger partial charge in [-0.25, -0.2) is 0 Å². The molecule has 1 aliphatic carbocycles. The van der Waals surface area contributed by atoms with Crippen LogP contribution in [-0.2, 0) is 9.53 Å². The fraction of sp³-hybridized carbons (Fsp3) is 0.929. The Balaban J connectivity index is 2.24. The van der Waals surface area contributed by atoms with Crippen molar-refractivity contribution in [1.82, 2.24) is 5.32 Å². The van der Waals surface area contributed by atoms with Gasteiger partial charge in [0.05, 0.1) is 5.60 Å². The first-order valence-electron chi connectivity index (χ1n) is 7.03. The number of carbonyl (C=O) groups is 1. The highest BCUT2D eigenvalue weighted by Crippen LogP contribution is 2.28. The molecular weight excluding hydrogens is 228 g/mol. The maximum Gasteiger partial charge on any atom is 0.246 e. The standard InChI is InChI=1S/C14H28N2O2/c1-14(2,3)18-10-13(17)16-9-12-7-5-4-6-11(12)8-15/h11-12H,4-10,15H2,1-3H3,(H,16,17). The molecule has 0 bridgehead atoms. The van der Waals surface area contributed by atoms with E-state index in [9.17, 15) is 4.79 Å². The summed E-state index contributed by atoms with van der Waals surface area (Å²) in [5.41, 5.74) is 5.52. The summed E-state index contributed by atoms with van der Waals surface area (Å²) in [4.78, 5) is 11.7. The first kappa shape index (κ1) is 15.4. The summed E-state index contributed by atoms with van der Waals surface area (Å²) >= 11 is 0. The van der Waals surface area contributed by atoms with Crippen LogP contribution in [0.3, 0.4) is 0 Å². The molecule has 0 heterocycles. The summed E-state index contributed by atoms with van der Waals surface area (Å²) in [6, 6.07) is 0. The highest BCUT2D eigenvalue weighted by molar-refractivity contribution is 5.77. The zero-order valence-corrected chi connectivity index (χ0v) is 12.0. The first-order chi connectivity index (χ1) is 8.42. The minimum atomic E-state index is -0.262. The van der Waals surface area contributed by atoms with Gasteiger partial charge in [0.1, 0.15) is 6.61 Å². The van der Waals surface area contributed by atoms with E-state index >= 15 is 0 Å². The molecule has 2 unspecified atom stereocenters. The summed E-state index contributed by atoms with van der Waals surface area (Å²) in [7, 11) is 0. The fourth-order valence-corrected chi connectivity index (χ4v) is 2.44. The number of nitrogens with two attached hydrogens (primary N) is 1. The van der Waals surface area contributed by atoms with Crippen LogP contribution >= 0.6 is 0 Å². The third-order valence-electron chi connectivity index (χ3n) is 3.57. The van der Waals surface area contributed by atoms with Crippen LogP contribution in [0, 0.1) is 11.8 Å². The van der Waals surface area contributed by atoms with Gasteiger partial charge in [0.15, 0.2) is 0 Å². The van der Waals surface area contributed by atoms with Crippen LogP contribution in [0.15, 0.2) is 0 Å². The average molecular weight is 256 g/mol. The largest absolute Gasteiger partial charge is 0.366 e. The third kappa shape index (κ3) is 5.83. The van der Waals surface area contributed by atoms with Gasteiger partial charge in [-0.15, -0.1) is 0 Å². The smallest absolute Gasteiger partial charge is 0.246 e. The van der Waals surface area contributed by atoms with Crippen LogP contribution in [0.5, 0.6) is 0 Å². The number of nitrogens with one attached hydrogen (secondary N) is 1. The van der Waals surface area contributed by atoms with Crippen molar-refractivity contribution < 1.29 is 9.53 Å². The maximum absolute atomic E-state index is 11.7. The first-order valence-corrected chi connectivity index (χ1v) is 7.03. The lowest BCUT2D eigenvalue weighted by molar-refractivity contribution is -0.130. The van der Waals surface area contributed by atoms with E-state index in [0.717, 1.165) is 13.1 Å². The van der Waals surface area contributed by atoms with Gasteiger partial charge in [-0.1, -0.05) is 12.8 Å². The van der Waals surface area contributed by atoms with Crippen LogP contribution in [0.2, 0.25) is 0 Å². The molecule has 0 aliphatic heterocycles. The highest BCUT2D eigenvalue weighted by Gasteiger charge is 2.24. The van der Waals surface area contributed by atoms with E-state index in [2.05, 4.69) is 5.32 Å². The van der Waals surface area contributed by atoms with E-state index in [0.29, 0.717) is 11.8 Å². The highest BCUT2D eigenvalue weighted by atomic mass is 16.5. The molecule has 0 aromatic heterocycles. The van der Waals surface area contributed by atoms with Crippen LogP contribution < -0.4 is 11.1 Å².